The number of para-hydroxylation sites is 1. The van der Waals surface area contributed by atoms with Gasteiger partial charge in [0.2, 0.25) is 11.9 Å². The predicted octanol–water partition coefficient (Wildman–Crippen LogP) is 5.74. The summed E-state index contributed by atoms with van der Waals surface area (Å²) in [4.78, 5) is 27.5. The van der Waals surface area contributed by atoms with Gasteiger partial charge in [-0.25, -0.2) is 23.2 Å². The molecule has 12 nitrogen and oxygen atoms in total. The Morgan fingerprint density at radius 2 is 1.61 bits per heavy atom. The summed E-state index contributed by atoms with van der Waals surface area (Å²) in [5.41, 5.74) is 2.59. The Kier molecular flexibility index (Phi) is 8.87. The summed E-state index contributed by atoms with van der Waals surface area (Å²) in [6.07, 6.45) is 2.61. The van der Waals surface area contributed by atoms with Gasteiger partial charge in [-0.05, 0) is 84.1 Å². The highest BCUT2D eigenvalue weighted by Gasteiger charge is 2.32. The molecule has 1 aromatic heterocycles. The third-order valence-corrected chi connectivity index (χ3v) is 9.70. The summed E-state index contributed by atoms with van der Waals surface area (Å²) in [5.74, 6) is 1.89. The smallest absolute Gasteiger partial charge is 0.410 e. The molecule has 0 atom stereocenters. The van der Waals surface area contributed by atoms with E-state index in [0.717, 1.165) is 24.0 Å². The number of aromatic nitrogens is 3. The molecule has 13 heteroatoms. The molecule has 2 N–H and O–H groups in total. The summed E-state index contributed by atoms with van der Waals surface area (Å²) < 4.78 is 43.7. The Hall–Kier alpha value is -4.13. The lowest BCUT2D eigenvalue weighted by molar-refractivity contribution is 0.0204. The topological polar surface area (TPSA) is 145 Å². The summed E-state index contributed by atoms with van der Waals surface area (Å²) in [5, 5.41) is 5.69. The van der Waals surface area contributed by atoms with E-state index in [-0.39, 0.29) is 28.8 Å². The van der Waals surface area contributed by atoms with E-state index in [9.17, 15) is 13.2 Å². The molecule has 0 saturated carbocycles. The van der Waals surface area contributed by atoms with Crippen LogP contribution in [-0.4, -0.2) is 71.5 Å². The van der Waals surface area contributed by atoms with Crippen LogP contribution in [-0.2, 0) is 14.6 Å². The second-order valence-electron chi connectivity index (χ2n) is 12.2. The van der Waals surface area contributed by atoms with Crippen LogP contribution in [0, 0.1) is 6.92 Å². The second-order valence-corrected chi connectivity index (χ2v) is 14.7. The van der Waals surface area contributed by atoms with Gasteiger partial charge in [-0.2, -0.15) is 4.98 Å². The minimum atomic E-state index is -3.54. The maximum absolute atomic E-state index is 12.9. The average molecular weight is 625 g/mol. The van der Waals surface area contributed by atoms with Crippen LogP contribution in [0.4, 0.5) is 28.1 Å². The number of rotatable bonds is 7. The van der Waals surface area contributed by atoms with Crippen molar-refractivity contribution in [3.8, 4) is 11.5 Å². The Morgan fingerprint density at radius 3 is 2.25 bits per heavy atom. The Bertz CT molecular complexity index is 1630. The van der Waals surface area contributed by atoms with Crippen LogP contribution in [0.1, 0.15) is 64.5 Å². The van der Waals surface area contributed by atoms with Gasteiger partial charge in [0.15, 0.2) is 21.3 Å². The summed E-state index contributed by atoms with van der Waals surface area (Å²) >= 11 is 0. The van der Waals surface area contributed by atoms with Crippen molar-refractivity contribution in [1.29, 1.82) is 0 Å². The first-order valence-corrected chi connectivity index (χ1v) is 16.3. The number of ether oxygens (including phenoxy) is 3. The average Bonchev–Trinajstić information content (AvgIpc) is 2.97. The standard InChI is InChI=1S/C31H40N6O6S/c1-19(2)44(39,40)24-10-8-7-9-22(24)34-28-32-18-33-29(36-28)35-23-17-20(3)25(27-26(23)41-15-16-42-27)21-11-13-37(14-12-21)30(38)43-31(4,5)6/h7-10,17-19,21H,11-16H2,1-6H3,(H2,32,33,34,35,36). The van der Waals surface area contributed by atoms with Gasteiger partial charge in [0.05, 0.1) is 21.5 Å². The van der Waals surface area contributed by atoms with E-state index in [1.165, 1.54) is 6.33 Å². The minimum Gasteiger partial charge on any atom is -0.486 e. The van der Waals surface area contributed by atoms with Crippen LogP contribution >= 0.6 is 0 Å². The van der Waals surface area contributed by atoms with Crippen LogP contribution in [0.5, 0.6) is 11.5 Å². The molecule has 2 aliphatic heterocycles. The number of benzene rings is 2. The number of piperidine rings is 1. The fourth-order valence-corrected chi connectivity index (χ4v) is 6.57. The molecule has 0 aliphatic carbocycles. The number of nitrogens with one attached hydrogen (secondary N) is 2. The predicted molar refractivity (Wildman–Crippen MR) is 167 cm³/mol. The fourth-order valence-electron chi connectivity index (χ4n) is 5.36. The van der Waals surface area contributed by atoms with Gasteiger partial charge in [0.1, 0.15) is 25.1 Å². The molecule has 5 rings (SSSR count). The molecule has 236 valence electrons. The highest BCUT2D eigenvalue weighted by atomic mass is 32.2. The van der Waals surface area contributed by atoms with Crippen molar-refractivity contribution in [2.45, 2.75) is 76.0 Å². The number of likely N-dealkylation sites (tertiary alicyclic amines) is 1. The monoisotopic (exact) mass is 624 g/mol. The third-order valence-electron chi connectivity index (χ3n) is 7.49. The molecule has 3 aromatic rings. The van der Waals surface area contributed by atoms with E-state index in [1.54, 1.807) is 43.0 Å². The molecule has 0 spiro atoms. The van der Waals surface area contributed by atoms with Crippen molar-refractivity contribution >= 4 is 39.2 Å². The largest absolute Gasteiger partial charge is 0.486 e. The van der Waals surface area contributed by atoms with Crippen LogP contribution in [0.15, 0.2) is 41.6 Å². The number of anilines is 4. The molecule has 2 aromatic carbocycles. The minimum absolute atomic E-state index is 0.174. The van der Waals surface area contributed by atoms with Crippen molar-refractivity contribution in [1.82, 2.24) is 19.9 Å². The van der Waals surface area contributed by atoms with Gasteiger partial charge in [-0.1, -0.05) is 12.1 Å². The molecule has 0 bridgehead atoms. The normalized spacial score (nSPS) is 15.7. The van der Waals surface area contributed by atoms with Crippen molar-refractivity contribution in [2.24, 2.45) is 0 Å². The lowest BCUT2D eigenvalue weighted by atomic mass is 9.85. The maximum Gasteiger partial charge on any atom is 0.410 e. The molecule has 0 unspecified atom stereocenters. The molecule has 1 saturated heterocycles. The molecule has 0 radical (unpaired) electrons. The summed E-state index contributed by atoms with van der Waals surface area (Å²) in [7, 11) is -3.54. The number of sulfone groups is 1. The maximum atomic E-state index is 12.9. The number of amides is 1. The van der Waals surface area contributed by atoms with Crippen molar-refractivity contribution < 1.29 is 27.4 Å². The van der Waals surface area contributed by atoms with Crippen molar-refractivity contribution in [3.05, 3.63) is 47.8 Å². The molecule has 1 fully saturated rings. The Labute approximate surface area is 258 Å². The number of fused-ring (bicyclic) bond motifs is 1. The van der Waals surface area contributed by atoms with Crippen LogP contribution < -0.4 is 20.1 Å². The SMILES string of the molecule is Cc1cc(Nc2ncnc(Nc3ccccc3S(=O)(=O)C(C)C)n2)c2c(c1C1CCN(C(=O)OC(C)(C)C)CC1)OCCO2. The van der Waals surface area contributed by atoms with Gasteiger partial charge in [-0.3, -0.25) is 0 Å². The van der Waals surface area contributed by atoms with Crippen LogP contribution in [0.25, 0.3) is 0 Å². The third kappa shape index (κ3) is 6.82. The number of hydrogen-bond acceptors (Lipinski definition) is 11. The lowest BCUT2D eigenvalue weighted by Gasteiger charge is -2.35. The van der Waals surface area contributed by atoms with E-state index in [1.807, 2.05) is 33.8 Å². The van der Waals surface area contributed by atoms with Gasteiger partial charge in [0, 0.05) is 18.7 Å². The number of carbonyl (C=O) groups excluding carboxylic acids is 1. The summed E-state index contributed by atoms with van der Waals surface area (Å²) in [6.45, 7) is 12.9. The van der Waals surface area contributed by atoms with E-state index in [2.05, 4.69) is 25.6 Å². The first-order chi connectivity index (χ1) is 20.8. The number of carbonyl (C=O) groups is 1. The summed E-state index contributed by atoms with van der Waals surface area (Å²) in [6, 6.07) is 8.66. The quantitative estimate of drug-likeness (QED) is 0.332. The van der Waals surface area contributed by atoms with Crippen molar-refractivity contribution in [2.75, 3.05) is 36.9 Å². The second kappa shape index (κ2) is 12.5. The fraction of sp³-hybridized carbons (Fsp3) is 0.484. The van der Waals surface area contributed by atoms with E-state index >= 15 is 0 Å². The van der Waals surface area contributed by atoms with Crippen LogP contribution in [0.3, 0.4) is 0 Å². The van der Waals surface area contributed by atoms with Gasteiger partial charge in [0.25, 0.3) is 0 Å². The first kappa shape index (κ1) is 31.3. The van der Waals surface area contributed by atoms with Crippen molar-refractivity contribution in [3.63, 3.8) is 0 Å². The molecular weight excluding hydrogens is 584 g/mol. The van der Waals surface area contributed by atoms with Crippen LogP contribution in [0.2, 0.25) is 0 Å². The number of nitrogens with zero attached hydrogens (tertiary/aromatic N) is 4. The zero-order valence-electron chi connectivity index (χ0n) is 26.0. The highest BCUT2D eigenvalue weighted by molar-refractivity contribution is 7.92. The number of hydrogen-bond donors (Lipinski definition) is 2. The zero-order chi connectivity index (χ0) is 31.6. The van der Waals surface area contributed by atoms with E-state index < -0.39 is 20.7 Å². The van der Waals surface area contributed by atoms with E-state index in [4.69, 9.17) is 14.2 Å². The molecular formula is C31H40N6O6S. The first-order valence-electron chi connectivity index (χ1n) is 14.8. The van der Waals surface area contributed by atoms with E-state index in [0.29, 0.717) is 49.2 Å². The Morgan fingerprint density at radius 1 is 1.00 bits per heavy atom. The lowest BCUT2D eigenvalue weighted by Crippen LogP contribution is -2.41. The molecule has 1 amide bonds. The highest BCUT2D eigenvalue weighted by Crippen LogP contribution is 2.48. The number of aryl methyl sites for hydroxylation is 1. The zero-order valence-corrected chi connectivity index (χ0v) is 26.8. The van der Waals surface area contributed by atoms with Gasteiger partial charge < -0.3 is 29.7 Å². The molecule has 3 heterocycles. The van der Waals surface area contributed by atoms with Gasteiger partial charge >= 0.3 is 6.09 Å². The molecule has 2 aliphatic rings. The van der Waals surface area contributed by atoms with Gasteiger partial charge in [-0.15, -0.1) is 0 Å². The molecule has 44 heavy (non-hydrogen) atoms. The Balaban J connectivity index is 1.37.